The summed E-state index contributed by atoms with van der Waals surface area (Å²) in [6.07, 6.45) is 2.96. The molecule has 0 spiro atoms. The summed E-state index contributed by atoms with van der Waals surface area (Å²) in [6, 6.07) is 16.0. The number of carbonyl (C=O) groups excluding carboxylic acids is 1. The van der Waals surface area contributed by atoms with Crippen LogP contribution in [0.1, 0.15) is 24.2 Å². The van der Waals surface area contributed by atoms with Crippen LogP contribution in [0.4, 0.5) is 0 Å². The Balaban J connectivity index is 1.49. The Morgan fingerprint density at radius 2 is 1.86 bits per heavy atom. The molecule has 0 saturated heterocycles. The van der Waals surface area contributed by atoms with Gasteiger partial charge in [-0.25, -0.2) is 4.98 Å². The van der Waals surface area contributed by atoms with Crippen molar-refractivity contribution in [3.63, 3.8) is 0 Å². The molecule has 0 aliphatic heterocycles. The highest BCUT2D eigenvalue weighted by Crippen LogP contribution is 2.16. The molecule has 0 fully saturated rings. The van der Waals surface area contributed by atoms with Gasteiger partial charge < -0.3 is 14.8 Å². The molecule has 0 atom stereocenters. The summed E-state index contributed by atoms with van der Waals surface area (Å²) >= 11 is 5.90. The van der Waals surface area contributed by atoms with E-state index in [0.29, 0.717) is 13.0 Å². The number of aromatic nitrogens is 2. The van der Waals surface area contributed by atoms with Crippen molar-refractivity contribution >= 4 is 28.5 Å². The first-order valence-electron chi connectivity index (χ1n) is 10.1. The fraction of sp³-hybridized carbons (Fsp3) is 0.391. The van der Waals surface area contributed by atoms with Crippen molar-refractivity contribution in [2.45, 2.75) is 32.2 Å². The number of fused-ring (bicyclic) bond motifs is 1. The molecule has 0 radical (unpaired) electrons. The maximum absolute atomic E-state index is 12.2. The second-order valence-electron chi connectivity index (χ2n) is 7.55. The van der Waals surface area contributed by atoms with Crippen LogP contribution in [0.3, 0.4) is 0 Å². The number of halogens is 1. The molecule has 154 valence electrons. The second-order valence-corrected chi connectivity index (χ2v) is 7.99. The molecule has 29 heavy (non-hydrogen) atoms. The molecule has 0 saturated carbocycles. The quantitative estimate of drug-likeness (QED) is 0.548. The van der Waals surface area contributed by atoms with Gasteiger partial charge in [0.15, 0.2) is 0 Å². The van der Waals surface area contributed by atoms with Crippen LogP contribution in [0, 0.1) is 0 Å². The van der Waals surface area contributed by atoms with E-state index in [4.69, 9.17) is 16.6 Å². The van der Waals surface area contributed by atoms with Gasteiger partial charge in [0.2, 0.25) is 5.91 Å². The Morgan fingerprint density at radius 1 is 1.10 bits per heavy atom. The lowest BCUT2D eigenvalue weighted by molar-refractivity contribution is -0.121. The molecule has 1 heterocycles. The van der Waals surface area contributed by atoms with Gasteiger partial charge in [-0.05, 0) is 56.8 Å². The number of rotatable bonds is 10. The average Bonchev–Trinajstić information content (AvgIpc) is 3.05. The minimum Gasteiger partial charge on any atom is -0.356 e. The average molecular weight is 413 g/mol. The summed E-state index contributed by atoms with van der Waals surface area (Å²) in [6.45, 7) is 2.44. The van der Waals surface area contributed by atoms with Crippen molar-refractivity contribution in [1.82, 2.24) is 19.8 Å². The number of aryl methyl sites for hydroxylation is 1. The lowest BCUT2D eigenvalue weighted by Crippen LogP contribution is -2.27. The van der Waals surface area contributed by atoms with E-state index in [1.165, 1.54) is 5.56 Å². The van der Waals surface area contributed by atoms with Gasteiger partial charge in [-0.3, -0.25) is 4.79 Å². The number of likely N-dealkylation sites (N-methyl/N-ethyl adjacent to an activating group) is 1. The number of hydrogen-bond donors (Lipinski definition) is 1. The molecule has 2 aromatic carbocycles. The zero-order valence-electron chi connectivity index (χ0n) is 17.2. The van der Waals surface area contributed by atoms with Gasteiger partial charge in [0, 0.05) is 37.5 Å². The predicted octanol–water partition coefficient (Wildman–Crippen LogP) is 3.93. The van der Waals surface area contributed by atoms with Crippen molar-refractivity contribution in [1.29, 1.82) is 0 Å². The summed E-state index contributed by atoms with van der Waals surface area (Å²) in [4.78, 5) is 19.1. The van der Waals surface area contributed by atoms with Gasteiger partial charge in [0.1, 0.15) is 5.82 Å². The van der Waals surface area contributed by atoms with Crippen LogP contribution >= 0.6 is 11.6 Å². The monoisotopic (exact) mass is 412 g/mol. The number of nitrogens with zero attached hydrogens (tertiary/aromatic N) is 3. The highest BCUT2D eigenvalue weighted by molar-refractivity contribution is 6.30. The van der Waals surface area contributed by atoms with E-state index in [2.05, 4.69) is 34.9 Å². The molecule has 0 bridgehead atoms. The fourth-order valence-corrected chi connectivity index (χ4v) is 3.50. The van der Waals surface area contributed by atoms with Crippen molar-refractivity contribution in [2.75, 3.05) is 27.2 Å². The molecular weight excluding hydrogens is 384 g/mol. The zero-order chi connectivity index (χ0) is 20.6. The van der Waals surface area contributed by atoms with Gasteiger partial charge in [0.25, 0.3) is 0 Å². The third-order valence-corrected chi connectivity index (χ3v) is 5.21. The smallest absolute Gasteiger partial charge is 0.220 e. The molecular formula is C23H29ClN4O. The number of hydrogen-bond acceptors (Lipinski definition) is 3. The number of benzene rings is 2. The molecule has 3 rings (SSSR count). The number of nitrogens with one attached hydrogen (secondary N) is 1. The topological polar surface area (TPSA) is 50.2 Å². The second kappa shape index (κ2) is 10.4. The van der Waals surface area contributed by atoms with Crippen LogP contribution < -0.4 is 5.32 Å². The largest absolute Gasteiger partial charge is 0.356 e. The van der Waals surface area contributed by atoms with E-state index in [-0.39, 0.29) is 5.91 Å². The highest BCUT2D eigenvalue weighted by Gasteiger charge is 2.11. The van der Waals surface area contributed by atoms with E-state index in [9.17, 15) is 4.79 Å². The van der Waals surface area contributed by atoms with Crippen LogP contribution in [0.25, 0.3) is 11.0 Å². The van der Waals surface area contributed by atoms with Crippen molar-refractivity contribution in [2.24, 2.45) is 0 Å². The first kappa shape index (κ1) is 21.3. The standard InChI is InChI=1S/C23H29ClN4O/c1-27(2)16-17-28-21-8-4-3-7-20(21)26-22(28)14-15-25-23(29)9-5-6-18-10-12-19(24)13-11-18/h3-4,7-8,10-13H,5-6,9,14-17H2,1-2H3,(H,25,29). The van der Waals surface area contributed by atoms with Crippen LogP contribution in [0.5, 0.6) is 0 Å². The molecule has 0 unspecified atom stereocenters. The molecule has 3 aromatic rings. The first-order valence-corrected chi connectivity index (χ1v) is 10.5. The van der Waals surface area contributed by atoms with Crippen LogP contribution in [0.2, 0.25) is 5.02 Å². The van der Waals surface area contributed by atoms with E-state index >= 15 is 0 Å². The normalized spacial score (nSPS) is 11.3. The minimum absolute atomic E-state index is 0.0925. The zero-order valence-corrected chi connectivity index (χ0v) is 18.0. The Kier molecular flexibility index (Phi) is 7.67. The maximum atomic E-state index is 12.2. The van der Waals surface area contributed by atoms with Crippen LogP contribution in [0.15, 0.2) is 48.5 Å². The van der Waals surface area contributed by atoms with Crippen LogP contribution in [-0.2, 0) is 24.2 Å². The summed E-state index contributed by atoms with van der Waals surface area (Å²) in [5.41, 5.74) is 3.37. The summed E-state index contributed by atoms with van der Waals surface area (Å²) in [7, 11) is 4.14. The highest BCUT2D eigenvalue weighted by atomic mass is 35.5. The lowest BCUT2D eigenvalue weighted by Gasteiger charge is -2.13. The van der Waals surface area contributed by atoms with Gasteiger partial charge in [-0.15, -0.1) is 0 Å². The van der Waals surface area contributed by atoms with Gasteiger partial charge in [-0.1, -0.05) is 35.9 Å². The molecule has 0 aliphatic carbocycles. The SMILES string of the molecule is CN(C)CCn1c(CCNC(=O)CCCc2ccc(Cl)cc2)nc2ccccc21. The number of para-hydroxylation sites is 2. The number of imidazole rings is 1. The molecule has 5 nitrogen and oxygen atoms in total. The molecule has 1 N–H and O–H groups in total. The lowest BCUT2D eigenvalue weighted by atomic mass is 10.1. The number of carbonyl (C=O) groups is 1. The van der Waals surface area contributed by atoms with E-state index < -0.39 is 0 Å². The Labute approximate surface area is 177 Å². The molecule has 6 heteroatoms. The Morgan fingerprint density at radius 3 is 2.62 bits per heavy atom. The first-order chi connectivity index (χ1) is 14.0. The van der Waals surface area contributed by atoms with Gasteiger partial charge >= 0.3 is 0 Å². The van der Waals surface area contributed by atoms with Gasteiger partial charge in [-0.2, -0.15) is 0 Å². The van der Waals surface area contributed by atoms with E-state index in [1.54, 1.807) is 0 Å². The molecule has 0 aliphatic rings. The van der Waals surface area contributed by atoms with Gasteiger partial charge in [0.05, 0.1) is 11.0 Å². The third-order valence-electron chi connectivity index (χ3n) is 4.96. The van der Waals surface area contributed by atoms with E-state index in [0.717, 1.165) is 54.2 Å². The van der Waals surface area contributed by atoms with E-state index in [1.807, 2.05) is 42.5 Å². The fourth-order valence-electron chi connectivity index (χ4n) is 3.37. The Hall–Kier alpha value is -2.37. The molecule has 1 aromatic heterocycles. The third kappa shape index (κ3) is 6.31. The Bertz CT molecular complexity index is 934. The maximum Gasteiger partial charge on any atom is 0.220 e. The molecule has 1 amide bonds. The van der Waals surface area contributed by atoms with Crippen molar-refractivity contribution < 1.29 is 4.79 Å². The summed E-state index contributed by atoms with van der Waals surface area (Å²) in [5, 5.41) is 3.78. The number of amides is 1. The summed E-state index contributed by atoms with van der Waals surface area (Å²) < 4.78 is 2.27. The van der Waals surface area contributed by atoms with Crippen molar-refractivity contribution in [3.05, 3.63) is 64.9 Å². The summed E-state index contributed by atoms with van der Waals surface area (Å²) in [5.74, 6) is 1.12. The predicted molar refractivity (Wildman–Crippen MR) is 119 cm³/mol. The van der Waals surface area contributed by atoms with Crippen molar-refractivity contribution in [3.8, 4) is 0 Å². The minimum atomic E-state index is 0.0925. The van der Waals surface area contributed by atoms with Crippen LogP contribution in [-0.4, -0.2) is 47.5 Å².